The van der Waals surface area contributed by atoms with Gasteiger partial charge in [-0.2, -0.15) is 0 Å². The fraction of sp³-hybridized carbons (Fsp3) is 0.167. The van der Waals surface area contributed by atoms with E-state index in [2.05, 4.69) is 15.5 Å². The van der Waals surface area contributed by atoms with Gasteiger partial charge in [-0.05, 0) is 6.07 Å². The van der Waals surface area contributed by atoms with Crippen LogP contribution in [0.4, 0.5) is 5.69 Å². The summed E-state index contributed by atoms with van der Waals surface area (Å²) in [6.07, 6.45) is 2.52. The second kappa shape index (κ2) is 5.93. The van der Waals surface area contributed by atoms with Crippen molar-refractivity contribution in [1.29, 1.82) is 0 Å². The minimum absolute atomic E-state index is 0.0250. The Kier molecular flexibility index (Phi) is 4.06. The van der Waals surface area contributed by atoms with Crippen LogP contribution in [0, 0.1) is 0 Å². The van der Waals surface area contributed by atoms with Crippen LogP contribution in [0.1, 0.15) is 26.6 Å². The molecule has 1 amide bonds. The Morgan fingerprint density at radius 1 is 1.40 bits per heavy atom. The van der Waals surface area contributed by atoms with Gasteiger partial charge in [0, 0.05) is 19.4 Å². The van der Waals surface area contributed by atoms with Gasteiger partial charge in [0.25, 0.3) is 5.91 Å². The number of methoxy groups -OCH3 is 1. The number of nitrogens with one attached hydrogen (secondary N) is 1. The average molecular weight is 277 g/mol. The number of nitrogens with zero attached hydrogens (tertiary/aromatic N) is 2. The summed E-state index contributed by atoms with van der Waals surface area (Å²) in [5, 5.41) is 14.9. The maximum absolute atomic E-state index is 11.9. The number of aromatic nitrogens is 2. The van der Waals surface area contributed by atoms with Crippen LogP contribution in [-0.2, 0) is 11.3 Å². The zero-order valence-electron chi connectivity index (χ0n) is 10.5. The highest BCUT2D eigenvalue weighted by Gasteiger charge is 2.13. The van der Waals surface area contributed by atoms with Crippen molar-refractivity contribution >= 4 is 17.6 Å². The summed E-state index contributed by atoms with van der Waals surface area (Å²) < 4.78 is 9.72. The number of hydrogen-bond acceptors (Lipinski definition) is 6. The van der Waals surface area contributed by atoms with Crippen LogP contribution in [0.3, 0.4) is 0 Å². The Labute approximate surface area is 113 Å². The van der Waals surface area contributed by atoms with Gasteiger partial charge in [-0.15, -0.1) is 0 Å². The third-order valence-corrected chi connectivity index (χ3v) is 2.32. The molecule has 8 heteroatoms. The Morgan fingerprint density at radius 3 is 2.90 bits per heavy atom. The molecular formula is C12H11N3O5. The Morgan fingerprint density at radius 2 is 2.20 bits per heavy atom. The first-order chi connectivity index (χ1) is 9.60. The smallest absolute Gasteiger partial charge is 0.337 e. The predicted molar refractivity (Wildman–Crippen MR) is 66.4 cm³/mol. The lowest BCUT2D eigenvalue weighted by Crippen LogP contribution is -2.13. The van der Waals surface area contributed by atoms with E-state index in [4.69, 9.17) is 14.4 Å². The van der Waals surface area contributed by atoms with Crippen molar-refractivity contribution in [3.63, 3.8) is 0 Å². The molecule has 0 aliphatic carbocycles. The maximum Gasteiger partial charge on any atom is 0.337 e. The molecule has 0 aromatic carbocycles. The van der Waals surface area contributed by atoms with Gasteiger partial charge in [-0.25, -0.2) is 4.79 Å². The number of rotatable bonds is 5. The second-order valence-corrected chi connectivity index (χ2v) is 3.83. The normalized spacial score (nSPS) is 10.2. The molecule has 2 aromatic rings. The van der Waals surface area contributed by atoms with Gasteiger partial charge in [-0.1, -0.05) is 5.16 Å². The van der Waals surface area contributed by atoms with Crippen LogP contribution in [0.25, 0.3) is 0 Å². The summed E-state index contributed by atoms with van der Waals surface area (Å²) >= 11 is 0. The van der Waals surface area contributed by atoms with Crippen molar-refractivity contribution in [1.82, 2.24) is 10.1 Å². The lowest BCUT2D eigenvalue weighted by Gasteiger charge is -2.02. The molecule has 104 valence electrons. The van der Waals surface area contributed by atoms with Crippen LogP contribution in [0.5, 0.6) is 0 Å². The highest BCUT2D eigenvalue weighted by molar-refractivity contribution is 6.03. The van der Waals surface area contributed by atoms with Crippen molar-refractivity contribution < 1.29 is 24.0 Å². The molecule has 0 atom stereocenters. The number of ether oxygens (including phenoxy) is 1. The summed E-state index contributed by atoms with van der Waals surface area (Å²) in [5.41, 5.74) is 0.298. The number of hydrogen-bond donors (Lipinski definition) is 2. The molecule has 0 aliphatic heterocycles. The van der Waals surface area contributed by atoms with E-state index in [1.807, 2.05) is 0 Å². The summed E-state index contributed by atoms with van der Waals surface area (Å²) in [6, 6.07) is 2.73. The topological polar surface area (TPSA) is 115 Å². The van der Waals surface area contributed by atoms with Gasteiger partial charge in [-0.3, -0.25) is 9.78 Å². The monoisotopic (exact) mass is 277 g/mol. The van der Waals surface area contributed by atoms with Crippen molar-refractivity contribution in [2.24, 2.45) is 0 Å². The predicted octanol–water partition coefficient (Wildman–Crippen LogP) is 1.17. The molecular weight excluding hydrogens is 266 g/mol. The van der Waals surface area contributed by atoms with E-state index >= 15 is 0 Å². The molecule has 2 rings (SSSR count). The molecule has 2 aromatic heterocycles. The number of carbonyl (C=O) groups excluding carboxylic acids is 1. The molecule has 20 heavy (non-hydrogen) atoms. The van der Waals surface area contributed by atoms with Crippen LogP contribution in [0.2, 0.25) is 0 Å². The summed E-state index contributed by atoms with van der Waals surface area (Å²) in [4.78, 5) is 26.4. The highest BCUT2D eigenvalue weighted by atomic mass is 16.5. The molecule has 0 unspecified atom stereocenters. The summed E-state index contributed by atoms with van der Waals surface area (Å²) in [6.45, 7) is 0.205. The number of anilines is 1. The third-order valence-electron chi connectivity index (χ3n) is 2.32. The van der Waals surface area contributed by atoms with Crippen molar-refractivity contribution in [3.05, 3.63) is 41.5 Å². The minimum Gasteiger partial charge on any atom is -0.478 e. The average Bonchev–Trinajstić information content (AvgIpc) is 2.88. The minimum atomic E-state index is -1.13. The Bertz CT molecular complexity index is 638. The van der Waals surface area contributed by atoms with E-state index in [-0.39, 0.29) is 23.6 Å². The SMILES string of the molecule is COCc1cc(C(=O)Nc2cncc(C(=O)O)c2)no1. The first kappa shape index (κ1) is 13.7. The van der Waals surface area contributed by atoms with Gasteiger partial charge < -0.3 is 19.7 Å². The zero-order chi connectivity index (χ0) is 14.5. The van der Waals surface area contributed by atoms with Gasteiger partial charge >= 0.3 is 5.97 Å². The zero-order valence-corrected chi connectivity index (χ0v) is 10.5. The number of carboxylic acid groups (broad SMARTS) is 1. The molecule has 0 fully saturated rings. The summed E-state index contributed by atoms with van der Waals surface area (Å²) in [7, 11) is 1.49. The van der Waals surface area contributed by atoms with E-state index in [0.29, 0.717) is 5.76 Å². The lowest BCUT2D eigenvalue weighted by molar-refractivity contribution is 0.0696. The molecule has 0 saturated carbocycles. The van der Waals surface area contributed by atoms with E-state index in [1.54, 1.807) is 0 Å². The number of amides is 1. The fourth-order valence-electron chi connectivity index (χ4n) is 1.45. The van der Waals surface area contributed by atoms with E-state index in [1.165, 1.54) is 31.6 Å². The highest BCUT2D eigenvalue weighted by Crippen LogP contribution is 2.11. The number of carbonyl (C=O) groups is 2. The second-order valence-electron chi connectivity index (χ2n) is 3.83. The van der Waals surface area contributed by atoms with Gasteiger partial charge in [0.1, 0.15) is 6.61 Å². The molecule has 0 bridgehead atoms. The van der Waals surface area contributed by atoms with E-state index in [0.717, 1.165) is 0 Å². The number of aromatic carboxylic acids is 1. The van der Waals surface area contributed by atoms with Crippen LogP contribution in [-0.4, -0.2) is 34.2 Å². The molecule has 0 spiro atoms. The Balaban J connectivity index is 2.10. The van der Waals surface area contributed by atoms with Crippen molar-refractivity contribution in [3.8, 4) is 0 Å². The summed E-state index contributed by atoms with van der Waals surface area (Å²) in [5.74, 6) is -1.24. The first-order valence-corrected chi connectivity index (χ1v) is 5.54. The molecule has 0 aliphatic rings. The largest absolute Gasteiger partial charge is 0.478 e. The van der Waals surface area contributed by atoms with Gasteiger partial charge in [0.05, 0.1) is 17.4 Å². The number of pyridine rings is 1. The molecule has 0 radical (unpaired) electrons. The van der Waals surface area contributed by atoms with Gasteiger partial charge in [0.15, 0.2) is 11.5 Å². The lowest BCUT2D eigenvalue weighted by atomic mass is 10.2. The molecule has 8 nitrogen and oxygen atoms in total. The van der Waals surface area contributed by atoms with Gasteiger partial charge in [0.2, 0.25) is 0 Å². The molecule has 2 N–H and O–H groups in total. The van der Waals surface area contributed by atoms with E-state index in [9.17, 15) is 9.59 Å². The molecule has 2 heterocycles. The maximum atomic E-state index is 11.9. The van der Waals surface area contributed by atoms with Crippen LogP contribution < -0.4 is 5.32 Å². The van der Waals surface area contributed by atoms with Crippen LogP contribution >= 0.6 is 0 Å². The standard InChI is InChI=1S/C12H11N3O5/c1-19-6-9-3-10(15-20-9)11(16)14-8-2-7(12(17)18)4-13-5-8/h2-5H,6H2,1H3,(H,14,16)(H,17,18). The van der Waals surface area contributed by atoms with Crippen LogP contribution in [0.15, 0.2) is 29.0 Å². The van der Waals surface area contributed by atoms with Crippen molar-refractivity contribution in [2.75, 3.05) is 12.4 Å². The van der Waals surface area contributed by atoms with E-state index < -0.39 is 11.9 Å². The number of carboxylic acids is 1. The Hall–Kier alpha value is -2.74. The quantitative estimate of drug-likeness (QED) is 0.842. The third kappa shape index (κ3) is 3.18. The first-order valence-electron chi connectivity index (χ1n) is 5.54. The fourth-order valence-corrected chi connectivity index (χ4v) is 1.45. The van der Waals surface area contributed by atoms with Crippen molar-refractivity contribution in [2.45, 2.75) is 6.61 Å². The molecule has 0 saturated heterocycles.